The van der Waals surface area contributed by atoms with Crippen LogP contribution in [-0.4, -0.2) is 6.18 Å². The molecule has 2 unspecified atom stereocenters. The molecular formula is C6H9F3. The van der Waals surface area contributed by atoms with E-state index in [0.29, 0.717) is 0 Å². The minimum absolute atomic E-state index is 0.148. The van der Waals surface area contributed by atoms with Crippen LogP contribution in [0.3, 0.4) is 0 Å². The summed E-state index contributed by atoms with van der Waals surface area (Å²) < 4.78 is 35.2. The zero-order valence-corrected chi connectivity index (χ0v) is 5.37. The maximum absolute atomic E-state index is 11.7. The Bertz CT molecular complexity index is 108. The monoisotopic (exact) mass is 138 g/mol. The van der Waals surface area contributed by atoms with Gasteiger partial charge < -0.3 is 0 Å². The van der Waals surface area contributed by atoms with Crippen molar-refractivity contribution in [2.75, 3.05) is 0 Å². The Morgan fingerprint density at radius 1 is 1.00 bits per heavy atom. The van der Waals surface area contributed by atoms with Crippen molar-refractivity contribution < 1.29 is 13.2 Å². The maximum atomic E-state index is 11.7. The van der Waals surface area contributed by atoms with Crippen LogP contribution in [0.15, 0.2) is 0 Å². The lowest BCUT2D eigenvalue weighted by Crippen LogP contribution is -2.12. The molecule has 0 amide bonds. The zero-order chi connectivity index (χ0) is 7.23. The fourth-order valence-corrected chi connectivity index (χ4v) is 1.26. The molecule has 9 heavy (non-hydrogen) atoms. The van der Waals surface area contributed by atoms with Gasteiger partial charge in [0.2, 0.25) is 0 Å². The van der Waals surface area contributed by atoms with Gasteiger partial charge in [-0.15, -0.1) is 0 Å². The van der Waals surface area contributed by atoms with Crippen molar-refractivity contribution in [2.45, 2.75) is 20.0 Å². The van der Waals surface area contributed by atoms with Crippen LogP contribution >= 0.6 is 0 Å². The summed E-state index contributed by atoms with van der Waals surface area (Å²) in [6.07, 6.45) is -3.95. The fraction of sp³-hybridized carbons (Fsp3) is 1.00. The molecule has 0 nitrogen and oxygen atoms in total. The first-order valence-electron chi connectivity index (χ1n) is 3.01. The fourth-order valence-electron chi connectivity index (χ4n) is 1.26. The van der Waals surface area contributed by atoms with E-state index in [-0.39, 0.29) is 11.8 Å². The number of hydrogen-bond donors (Lipinski definition) is 0. The summed E-state index contributed by atoms with van der Waals surface area (Å²) in [5.74, 6) is -1.31. The van der Waals surface area contributed by atoms with Crippen molar-refractivity contribution in [1.29, 1.82) is 0 Å². The quantitative estimate of drug-likeness (QED) is 0.482. The van der Waals surface area contributed by atoms with Gasteiger partial charge in [-0.3, -0.25) is 0 Å². The number of rotatable bonds is 0. The van der Waals surface area contributed by atoms with E-state index >= 15 is 0 Å². The number of hydrogen-bond acceptors (Lipinski definition) is 0. The maximum Gasteiger partial charge on any atom is 0.392 e. The largest absolute Gasteiger partial charge is 0.392 e. The Balaban J connectivity index is 2.50. The lowest BCUT2D eigenvalue weighted by Gasteiger charge is -2.02. The summed E-state index contributed by atoms with van der Waals surface area (Å²) >= 11 is 0. The molecule has 1 aliphatic rings. The smallest absolute Gasteiger partial charge is 0.171 e. The highest BCUT2D eigenvalue weighted by Gasteiger charge is 2.59. The summed E-state index contributed by atoms with van der Waals surface area (Å²) in [7, 11) is 0. The molecule has 0 saturated heterocycles. The molecule has 1 fully saturated rings. The highest BCUT2D eigenvalue weighted by Crippen LogP contribution is 2.54. The third-order valence-corrected chi connectivity index (χ3v) is 2.20. The van der Waals surface area contributed by atoms with Crippen LogP contribution in [0.4, 0.5) is 13.2 Å². The molecule has 0 aromatic heterocycles. The first-order chi connectivity index (χ1) is 3.94. The molecule has 54 valence electrons. The average Bonchev–Trinajstić information content (AvgIpc) is 2.11. The second-order valence-corrected chi connectivity index (χ2v) is 2.79. The van der Waals surface area contributed by atoms with Crippen molar-refractivity contribution in [3.63, 3.8) is 0 Å². The highest BCUT2D eigenvalue weighted by molar-refractivity contribution is 4.95. The van der Waals surface area contributed by atoms with Crippen molar-refractivity contribution in [1.82, 2.24) is 0 Å². The topological polar surface area (TPSA) is 0 Å². The first kappa shape index (κ1) is 6.90. The van der Waals surface area contributed by atoms with Gasteiger partial charge in [0.15, 0.2) is 0 Å². The van der Waals surface area contributed by atoms with E-state index in [4.69, 9.17) is 0 Å². The Morgan fingerprint density at radius 2 is 1.33 bits per heavy atom. The highest BCUT2D eigenvalue weighted by atomic mass is 19.4. The molecular weight excluding hydrogens is 129 g/mol. The molecule has 1 rings (SSSR count). The van der Waals surface area contributed by atoms with Crippen LogP contribution in [0.25, 0.3) is 0 Å². The zero-order valence-electron chi connectivity index (χ0n) is 5.37. The normalized spacial score (nSPS) is 43.0. The van der Waals surface area contributed by atoms with E-state index in [1.165, 1.54) is 0 Å². The van der Waals surface area contributed by atoms with Crippen molar-refractivity contribution in [3.8, 4) is 0 Å². The molecule has 0 bridgehead atoms. The van der Waals surface area contributed by atoms with Gasteiger partial charge in [-0.25, -0.2) is 0 Å². The second-order valence-electron chi connectivity index (χ2n) is 2.79. The molecule has 0 heterocycles. The molecule has 0 spiro atoms. The minimum Gasteiger partial charge on any atom is -0.171 e. The van der Waals surface area contributed by atoms with Gasteiger partial charge in [-0.2, -0.15) is 13.2 Å². The molecule has 0 aromatic rings. The van der Waals surface area contributed by atoms with Crippen molar-refractivity contribution in [3.05, 3.63) is 0 Å². The molecule has 1 saturated carbocycles. The van der Waals surface area contributed by atoms with Gasteiger partial charge in [-0.1, -0.05) is 13.8 Å². The lowest BCUT2D eigenvalue weighted by atomic mass is 10.3. The third-order valence-electron chi connectivity index (χ3n) is 2.20. The van der Waals surface area contributed by atoms with Crippen LogP contribution in [0, 0.1) is 17.8 Å². The standard InChI is InChI=1S/C6H9F3/c1-3-4(2)5(3)6(7,8)9/h3-5H,1-2H3/t3-,4?,5?/m0/s1. The van der Waals surface area contributed by atoms with Gasteiger partial charge >= 0.3 is 6.18 Å². The summed E-state index contributed by atoms with van der Waals surface area (Å²) in [4.78, 5) is 0. The van der Waals surface area contributed by atoms with Crippen molar-refractivity contribution in [2.24, 2.45) is 17.8 Å². The Hall–Kier alpha value is -0.210. The SMILES string of the molecule is CC1C(C(F)(F)F)[C@H]1C. The first-order valence-corrected chi connectivity index (χ1v) is 3.01. The minimum atomic E-state index is -3.95. The van der Waals surface area contributed by atoms with E-state index < -0.39 is 12.1 Å². The van der Waals surface area contributed by atoms with E-state index in [2.05, 4.69) is 0 Å². The number of halogens is 3. The van der Waals surface area contributed by atoms with Crippen LogP contribution in [0.1, 0.15) is 13.8 Å². The predicted molar refractivity (Wildman–Crippen MR) is 27.9 cm³/mol. The second kappa shape index (κ2) is 1.64. The molecule has 1 aliphatic carbocycles. The van der Waals surface area contributed by atoms with Crippen LogP contribution < -0.4 is 0 Å². The molecule has 0 radical (unpaired) electrons. The van der Waals surface area contributed by atoms with Gasteiger partial charge in [0.05, 0.1) is 5.92 Å². The summed E-state index contributed by atoms with van der Waals surface area (Å²) in [6.45, 7) is 3.28. The number of alkyl halides is 3. The molecule has 0 aromatic carbocycles. The average molecular weight is 138 g/mol. The van der Waals surface area contributed by atoms with Gasteiger partial charge in [0.1, 0.15) is 0 Å². The molecule has 3 heteroatoms. The lowest BCUT2D eigenvalue weighted by molar-refractivity contribution is -0.153. The Morgan fingerprint density at radius 3 is 1.33 bits per heavy atom. The van der Waals surface area contributed by atoms with E-state index in [0.717, 1.165) is 0 Å². The van der Waals surface area contributed by atoms with E-state index in [9.17, 15) is 13.2 Å². The Labute approximate surface area is 52.1 Å². The van der Waals surface area contributed by atoms with Crippen molar-refractivity contribution >= 4 is 0 Å². The third kappa shape index (κ3) is 1.05. The summed E-state index contributed by atoms with van der Waals surface area (Å²) in [6, 6.07) is 0. The van der Waals surface area contributed by atoms with E-state index in [1.54, 1.807) is 13.8 Å². The summed E-state index contributed by atoms with van der Waals surface area (Å²) in [5, 5.41) is 0. The van der Waals surface area contributed by atoms with Gasteiger partial charge in [0.25, 0.3) is 0 Å². The molecule has 0 aliphatic heterocycles. The predicted octanol–water partition coefficient (Wildman–Crippen LogP) is 2.45. The molecule has 3 atom stereocenters. The van der Waals surface area contributed by atoms with Crippen LogP contribution in [0.5, 0.6) is 0 Å². The Kier molecular flexibility index (Phi) is 1.26. The van der Waals surface area contributed by atoms with Gasteiger partial charge in [-0.05, 0) is 11.8 Å². The van der Waals surface area contributed by atoms with Gasteiger partial charge in [0, 0.05) is 0 Å². The molecule has 0 N–H and O–H groups in total. The van der Waals surface area contributed by atoms with Crippen LogP contribution in [0.2, 0.25) is 0 Å². The van der Waals surface area contributed by atoms with Crippen LogP contribution in [-0.2, 0) is 0 Å². The summed E-state index contributed by atoms with van der Waals surface area (Å²) in [5.41, 5.74) is 0. The van der Waals surface area contributed by atoms with E-state index in [1.807, 2.05) is 0 Å².